The normalized spacial score (nSPS) is 17.9. The molecule has 3 aromatic rings. The molecule has 1 aliphatic rings. The first kappa shape index (κ1) is 24.6. The summed E-state index contributed by atoms with van der Waals surface area (Å²) in [6.07, 6.45) is 5.33. The van der Waals surface area contributed by atoms with E-state index in [2.05, 4.69) is 20.3 Å². The number of benzene rings is 1. The van der Waals surface area contributed by atoms with Gasteiger partial charge in [-0.15, -0.1) is 0 Å². The fourth-order valence-electron chi connectivity index (χ4n) is 4.30. The maximum atomic E-state index is 14.7. The minimum Gasteiger partial charge on any atom is -0.461 e. The van der Waals surface area contributed by atoms with Crippen LogP contribution in [0.15, 0.2) is 42.9 Å². The number of aromatic nitrogens is 3. The first-order valence-electron chi connectivity index (χ1n) is 11.7. The Balaban J connectivity index is 1.63. The van der Waals surface area contributed by atoms with Crippen LogP contribution in [0.25, 0.3) is 11.1 Å². The van der Waals surface area contributed by atoms with Gasteiger partial charge in [-0.25, -0.2) is 23.1 Å². The minimum absolute atomic E-state index is 0.0209. The molecule has 0 saturated heterocycles. The molecule has 1 amide bonds. The molecule has 0 radical (unpaired) electrons. The molecule has 0 spiro atoms. The van der Waals surface area contributed by atoms with Gasteiger partial charge in [-0.05, 0) is 69.4 Å². The van der Waals surface area contributed by atoms with Gasteiger partial charge in [-0.1, -0.05) is 0 Å². The average Bonchev–Trinajstić information content (AvgIpc) is 2.84. The second kappa shape index (κ2) is 10.8. The van der Waals surface area contributed by atoms with Crippen LogP contribution in [-0.2, 0) is 6.54 Å². The Morgan fingerprint density at radius 2 is 1.77 bits per heavy atom. The molecule has 2 aromatic heterocycles. The number of ether oxygens (including phenoxy) is 1. The Bertz CT molecular complexity index is 1180. The molecule has 2 heterocycles. The van der Waals surface area contributed by atoms with E-state index < -0.39 is 23.7 Å². The fraction of sp³-hybridized carbons (Fsp3) is 0.385. The zero-order chi connectivity index (χ0) is 24.9. The quantitative estimate of drug-likeness (QED) is 0.477. The second-order valence-corrected chi connectivity index (χ2v) is 8.90. The average molecular weight is 485 g/mol. The number of alkyl halides is 1. The lowest BCUT2D eigenvalue weighted by molar-refractivity contribution is 0.0949. The molecule has 6 nitrogen and oxygen atoms in total. The second-order valence-electron chi connectivity index (χ2n) is 8.90. The van der Waals surface area contributed by atoms with Crippen molar-refractivity contribution in [2.45, 2.75) is 64.3 Å². The zero-order valence-corrected chi connectivity index (χ0v) is 19.6. The van der Waals surface area contributed by atoms with Crippen molar-refractivity contribution >= 4 is 5.91 Å². The van der Waals surface area contributed by atoms with Crippen molar-refractivity contribution in [2.75, 3.05) is 0 Å². The SMILES string of the molecule is CC(C)Oc1ncc(C(=O)NCc2c(-c3cc(F)ccc3F)ccnc2C2CCC(F)CC2)cn1. The van der Waals surface area contributed by atoms with E-state index in [-0.39, 0.29) is 35.7 Å². The van der Waals surface area contributed by atoms with Gasteiger partial charge in [0.15, 0.2) is 0 Å². The topological polar surface area (TPSA) is 77.0 Å². The van der Waals surface area contributed by atoms with Gasteiger partial charge in [0, 0.05) is 47.9 Å². The summed E-state index contributed by atoms with van der Waals surface area (Å²) >= 11 is 0. The van der Waals surface area contributed by atoms with Crippen molar-refractivity contribution in [3.05, 3.63) is 71.3 Å². The van der Waals surface area contributed by atoms with Crippen LogP contribution < -0.4 is 10.1 Å². The van der Waals surface area contributed by atoms with E-state index in [9.17, 15) is 18.0 Å². The predicted molar refractivity (Wildman–Crippen MR) is 125 cm³/mol. The van der Waals surface area contributed by atoms with Gasteiger partial charge >= 0.3 is 6.01 Å². The first-order valence-corrected chi connectivity index (χ1v) is 11.7. The van der Waals surface area contributed by atoms with E-state index in [0.29, 0.717) is 42.5 Å². The van der Waals surface area contributed by atoms with E-state index in [0.717, 1.165) is 18.2 Å². The number of carbonyl (C=O) groups is 1. The Morgan fingerprint density at radius 1 is 1.06 bits per heavy atom. The van der Waals surface area contributed by atoms with Crippen molar-refractivity contribution in [3.8, 4) is 17.1 Å². The maximum Gasteiger partial charge on any atom is 0.316 e. The number of halogens is 3. The molecule has 0 unspecified atom stereocenters. The van der Waals surface area contributed by atoms with Gasteiger partial charge in [0.05, 0.1) is 11.7 Å². The highest BCUT2D eigenvalue weighted by molar-refractivity contribution is 5.93. The zero-order valence-electron chi connectivity index (χ0n) is 19.6. The van der Waals surface area contributed by atoms with E-state index in [1.165, 1.54) is 12.4 Å². The smallest absolute Gasteiger partial charge is 0.316 e. The Kier molecular flexibility index (Phi) is 7.63. The van der Waals surface area contributed by atoms with Crippen molar-refractivity contribution in [3.63, 3.8) is 0 Å². The van der Waals surface area contributed by atoms with E-state index in [1.807, 2.05) is 13.8 Å². The summed E-state index contributed by atoms with van der Waals surface area (Å²) in [4.78, 5) is 25.4. The van der Waals surface area contributed by atoms with Gasteiger partial charge < -0.3 is 10.1 Å². The number of amides is 1. The highest BCUT2D eigenvalue weighted by atomic mass is 19.1. The highest BCUT2D eigenvalue weighted by Crippen LogP contribution is 2.38. The lowest BCUT2D eigenvalue weighted by atomic mass is 9.82. The molecule has 0 bridgehead atoms. The van der Waals surface area contributed by atoms with Crippen LogP contribution >= 0.6 is 0 Å². The minimum atomic E-state index is -0.846. The van der Waals surface area contributed by atoms with Gasteiger partial charge in [0.2, 0.25) is 0 Å². The monoisotopic (exact) mass is 484 g/mol. The number of nitrogens with zero attached hydrogens (tertiary/aromatic N) is 3. The number of hydrogen-bond donors (Lipinski definition) is 1. The molecule has 35 heavy (non-hydrogen) atoms. The van der Waals surface area contributed by atoms with Gasteiger partial charge in [-0.2, -0.15) is 0 Å². The highest BCUT2D eigenvalue weighted by Gasteiger charge is 2.27. The number of nitrogens with one attached hydrogen (secondary N) is 1. The molecule has 1 aromatic carbocycles. The van der Waals surface area contributed by atoms with Crippen molar-refractivity contribution < 1.29 is 22.7 Å². The van der Waals surface area contributed by atoms with Crippen LogP contribution in [0, 0.1) is 11.6 Å². The summed E-state index contributed by atoms with van der Waals surface area (Å²) in [5.74, 6) is -1.64. The van der Waals surface area contributed by atoms with Crippen molar-refractivity contribution in [1.29, 1.82) is 0 Å². The summed E-state index contributed by atoms with van der Waals surface area (Å²) < 4.78 is 47.9. The number of hydrogen-bond acceptors (Lipinski definition) is 5. The Morgan fingerprint density at radius 3 is 2.46 bits per heavy atom. The fourth-order valence-corrected chi connectivity index (χ4v) is 4.30. The van der Waals surface area contributed by atoms with Crippen LogP contribution in [0.3, 0.4) is 0 Å². The lowest BCUT2D eigenvalue weighted by Gasteiger charge is -2.26. The summed E-state index contributed by atoms with van der Waals surface area (Å²) in [5.41, 5.74) is 1.98. The van der Waals surface area contributed by atoms with Crippen molar-refractivity contribution in [2.24, 2.45) is 0 Å². The third-order valence-corrected chi connectivity index (χ3v) is 6.01. The van der Waals surface area contributed by atoms with Crippen LogP contribution in [0.1, 0.15) is 67.1 Å². The molecular formula is C26H27F3N4O2. The number of pyridine rings is 1. The molecule has 1 aliphatic carbocycles. The third kappa shape index (κ3) is 5.96. The third-order valence-electron chi connectivity index (χ3n) is 6.01. The summed E-state index contributed by atoms with van der Waals surface area (Å²) in [7, 11) is 0. The molecule has 4 rings (SSSR count). The number of carbonyl (C=O) groups excluding carboxylic acids is 1. The first-order chi connectivity index (χ1) is 16.8. The largest absolute Gasteiger partial charge is 0.461 e. The summed E-state index contributed by atoms with van der Waals surface area (Å²) in [5, 5.41) is 2.82. The van der Waals surface area contributed by atoms with E-state index >= 15 is 0 Å². The standard InChI is InChI=1S/C26H27F3N4O2/c1-15(2)35-26-32-12-17(13-33-26)25(34)31-14-22-20(21-11-19(28)7-8-23(21)29)9-10-30-24(22)16-3-5-18(27)6-4-16/h7-13,15-16,18H,3-6,14H2,1-2H3,(H,31,34). The van der Waals surface area contributed by atoms with Gasteiger partial charge in [-0.3, -0.25) is 9.78 Å². The van der Waals surface area contributed by atoms with Crippen molar-refractivity contribution in [1.82, 2.24) is 20.3 Å². The Hall–Kier alpha value is -3.49. The van der Waals surface area contributed by atoms with Gasteiger partial charge in [0.25, 0.3) is 5.91 Å². The summed E-state index contributed by atoms with van der Waals surface area (Å²) in [6, 6.07) is 5.01. The van der Waals surface area contributed by atoms with Crippen LogP contribution in [0.2, 0.25) is 0 Å². The van der Waals surface area contributed by atoms with Crippen LogP contribution in [0.4, 0.5) is 13.2 Å². The predicted octanol–water partition coefficient (Wildman–Crippen LogP) is 5.53. The maximum absolute atomic E-state index is 14.7. The van der Waals surface area contributed by atoms with E-state index in [4.69, 9.17) is 4.74 Å². The molecule has 0 aliphatic heterocycles. The van der Waals surface area contributed by atoms with Crippen LogP contribution in [-0.4, -0.2) is 33.1 Å². The molecule has 9 heteroatoms. The number of rotatable bonds is 7. The molecule has 184 valence electrons. The summed E-state index contributed by atoms with van der Waals surface area (Å²) in [6.45, 7) is 3.70. The van der Waals surface area contributed by atoms with Crippen LogP contribution in [0.5, 0.6) is 6.01 Å². The molecule has 1 saturated carbocycles. The molecule has 1 N–H and O–H groups in total. The molecule has 1 fully saturated rings. The lowest BCUT2D eigenvalue weighted by Crippen LogP contribution is -2.25. The van der Waals surface area contributed by atoms with Gasteiger partial charge in [0.1, 0.15) is 17.8 Å². The van der Waals surface area contributed by atoms with E-state index in [1.54, 1.807) is 12.3 Å². The molecule has 0 atom stereocenters. The Labute approximate surface area is 202 Å². The molecular weight excluding hydrogens is 457 g/mol.